The van der Waals surface area contributed by atoms with Crippen LogP contribution in [0.3, 0.4) is 0 Å². The molecular weight excluding hydrogens is 386 g/mol. The Bertz CT molecular complexity index is 889. The fourth-order valence-corrected chi connectivity index (χ4v) is 4.04. The Morgan fingerprint density at radius 3 is 2.69 bits per heavy atom. The highest BCUT2D eigenvalue weighted by atomic mass is 32.1. The summed E-state index contributed by atoms with van der Waals surface area (Å²) in [6.07, 6.45) is 0.813. The Labute approximate surface area is 174 Å². The summed E-state index contributed by atoms with van der Waals surface area (Å²) in [6, 6.07) is 14.4. The minimum Gasteiger partial charge on any atom is -0.369 e. The van der Waals surface area contributed by atoms with Crippen molar-refractivity contribution in [1.82, 2.24) is 20.4 Å². The van der Waals surface area contributed by atoms with E-state index in [0.29, 0.717) is 31.1 Å². The second kappa shape index (κ2) is 9.67. The van der Waals surface area contributed by atoms with E-state index >= 15 is 0 Å². The number of thiophene rings is 1. The largest absolute Gasteiger partial charge is 0.369 e. The van der Waals surface area contributed by atoms with Crippen molar-refractivity contribution < 1.29 is 9.32 Å². The number of benzene rings is 1. The molecule has 3 aromatic rings. The first-order valence-corrected chi connectivity index (χ1v) is 10.8. The number of rotatable bonds is 8. The van der Waals surface area contributed by atoms with E-state index in [0.717, 1.165) is 37.6 Å². The Morgan fingerprint density at radius 1 is 1.10 bits per heavy atom. The molecule has 1 saturated heterocycles. The van der Waals surface area contributed by atoms with Crippen LogP contribution in [0.15, 0.2) is 52.4 Å². The maximum Gasteiger partial charge on any atom is 0.227 e. The van der Waals surface area contributed by atoms with Crippen LogP contribution in [0.25, 0.3) is 10.7 Å². The van der Waals surface area contributed by atoms with Crippen LogP contribution in [-0.2, 0) is 11.2 Å². The Kier molecular flexibility index (Phi) is 6.53. The molecule has 4 rings (SSSR count). The minimum atomic E-state index is 0.0174. The number of carbonyl (C=O) groups is 1. The molecule has 0 unspecified atom stereocenters. The van der Waals surface area contributed by atoms with Gasteiger partial charge in [0.1, 0.15) is 0 Å². The van der Waals surface area contributed by atoms with Crippen molar-refractivity contribution in [2.45, 2.75) is 12.8 Å². The van der Waals surface area contributed by atoms with Gasteiger partial charge in [0.25, 0.3) is 0 Å². The molecule has 0 radical (unpaired) electrons. The van der Waals surface area contributed by atoms with Gasteiger partial charge in [-0.25, -0.2) is 0 Å². The molecule has 7 nitrogen and oxygen atoms in total. The van der Waals surface area contributed by atoms with Crippen molar-refractivity contribution in [2.75, 3.05) is 44.2 Å². The lowest BCUT2D eigenvalue weighted by atomic mass is 10.2. The molecule has 0 saturated carbocycles. The van der Waals surface area contributed by atoms with Gasteiger partial charge in [0.15, 0.2) is 0 Å². The zero-order chi connectivity index (χ0) is 19.9. The zero-order valence-corrected chi connectivity index (χ0v) is 17.1. The molecule has 1 amide bonds. The van der Waals surface area contributed by atoms with Gasteiger partial charge < -0.3 is 14.7 Å². The van der Waals surface area contributed by atoms with Crippen LogP contribution in [0, 0.1) is 0 Å². The summed E-state index contributed by atoms with van der Waals surface area (Å²) in [7, 11) is 0. The first-order valence-electron chi connectivity index (χ1n) is 9.93. The number of para-hydroxylation sites is 1. The molecule has 1 aliphatic heterocycles. The first kappa shape index (κ1) is 19.6. The summed E-state index contributed by atoms with van der Waals surface area (Å²) in [5.41, 5.74) is 1.28. The van der Waals surface area contributed by atoms with Gasteiger partial charge in [-0.3, -0.25) is 9.69 Å². The SMILES string of the molecule is O=C(CCc1nc(-c2cccs2)no1)NCCN1CCN(c2ccccc2)CC1. The quantitative estimate of drug-likeness (QED) is 0.614. The van der Waals surface area contributed by atoms with Crippen LogP contribution in [0.2, 0.25) is 0 Å². The predicted octanol–water partition coefficient (Wildman–Crippen LogP) is 2.67. The van der Waals surface area contributed by atoms with E-state index in [1.165, 1.54) is 5.69 Å². The van der Waals surface area contributed by atoms with Gasteiger partial charge in [0.2, 0.25) is 17.6 Å². The summed E-state index contributed by atoms with van der Waals surface area (Å²) in [5.74, 6) is 1.11. The van der Waals surface area contributed by atoms with Crippen LogP contribution < -0.4 is 10.2 Å². The normalized spacial score (nSPS) is 14.8. The lowest BCUT2D eigenvalue weighted by Gasteiger charge is -2.36. The van der Waals surface area contributed by atoms with Gasteiger partial charge in [-0.05, 0) is 23.6 Å². The van der Waals surface area contributed by atoms with Crippen LogP contribution in [0.5, 0.6) is 0 Å². The highest BCUT2D eigenvalue weighted by Crippen LogP contribution is 2.21. The number of carbonyl (C=O) groups excluding carboxylic acids is 1. The van der Waals surface area contributed by atoms with Crippen LogP contribution >= 0.6 is 11.3 Å². The number of aryl methyl sites for hydroxylation is 1. The van der Waals surface area contributed by atoms with Crippen LogP contribution in [0.4, 0.5) is 5.69 Å². The molecule has 1 aromatic carbocycles. The molecule has 8 heteroatoms. The standard InChI is InChI=1S/C21H25N5O2S/c27-19(8-9-20-23-21(24-28-20)18-7-4-16-29-18)22-10-11-25-12-14-26(15-13-25)17-5-2-1-3-6-17/h1-7,16H,8-15H2,(H,22,27). The monoisotopic (exact) mass is 411 g/mol. The molecule has 1 aliphatic rings. The van der Waals surface area contributed by atoms with Gasteiger partial charge in [0.05, 0.1) is 4.88 Å². The van der Waals surface area contributed by atoms with Crippen molar-refractivity contribution in [2.24, 2.45) is 0 Å². The van der Waals surface area contributed by atoms with Crippen LogP contribution in [0.1, 0.15) is 12.3 Å². The molecule has 0 atom stereocenters. The van der Waals surface area contributed by atoms with Crippen LogP contribution in [-0.4, -0.2) is 60.2 Å². The zero-order valence-electron chi connectivity index (χ0n) is 16.3. The van der Waals surface area contributed by atoms with Gasteiger partial charge in [0, 0.05) is 57.8 Å². The second-order valence-corrected chi connectivity index (χ2v) is 7.95. The topological polar surface area (TPSA) is 74.5 Å². The van der Waals surface area contributed by atoms with Gasteiger partial charge >= 0.3 is 0 Å². The molecule has 0 spiro atoms. The fourth-order valence-electron chi connectivity index (χ4n) is 3.39. The van der Waals surface area contributed by atoms with Gasteiger partial charge in [-0.2, -0.15) is 4.98 Å². The molecule has 0 bridgehead atoms. The molecule has 1 fully saturated rings. The number of piperazine rings is 1. The lowest BCUT2D eigenvalue weighted by molar-refractivity contribution is -0.121. The van der Waals surface area contributed by atoms with Gasteiger partial charge in [-0.15, -0.1) is 11.3 Å². The Hall–Kier alpha value is -2.71. The molecular formula is C21H25N5O2S. The smallest absolute Gasteiger partial charge is 0.227 e. The molecule has 152 valence electrons. The molecule has 0 aliphatic carbocycles. The predicted molar refractivity (Wildman–Crippen MR) is 114 cm³/mol. The summed E-state index contributed by atoms with van der Waals surface area (Å²) < 4.78 is 5.24. The summed E-state index contributed by atoms with van der Waals surface area (Å²) in [4.78, 5) is 22.2. The number of nitrogens with one attached hydrogen (secondary N) is 1. The maximum atomic E-state index is 12.1. The van der Waals surface area contributed by atoms with E-state index in [4.69, 9.17) is 4.52 Å². The molecule has 2 aromatic heterocycles. The number of nitrogens with zero attached hydrogens (tertiary/aromatic N) is 4. The van der Waals surface area contributed by atoms with Crippen molar-refractivity contribution in [3.05, 3.63) is 53.7 Å². The number of aromatic nitrogens is 2. The third-order valence-electron chi connectivity index (χ3n) is 5.02. The lowest BCUT2D eigenvalue weighted by Crippen LogP contribution is -2.48. The summed E-state index contributed by atoms with van der Waals surface area (Å²) in [6.45, 7) is 5.59. The number of hydrogen-bond acceptors (Lipinski definition) is 7. The molecule has 3 heterocycles. The third kappa shape index (κ3) is 5.42. The Balaban J connectivity index is 1.12. The minimum absolute atomic E-state index is 0.0174. The first-order chi connectivity index (χ1) is 14.3. The Morgan fingerprint density at radius 2 is 1.93 bits per heavy atom. The fraction of sp³-hybridized carbons (Fsp3) is 0.381. The number of anilines is 1. The van der Waals surface area contributed by atoms with Crippen molar-refractivity contribution >= 4 is 22.9 Å². The van der Waals surface area contributed by atoms with Gasteiger partial charge in [-0.1, -0.05) is 29.4 Å². The maximum absolute atomic E-state index is 12.1. The highest BCUT2D eigenvalue weighted by Gasteiger charge is 2.17. The van der Waals surface area contributed by atoms with E-state index in [9.17, 15) is 4.79 Å². The third-order valence-corrected chi connectivity index (χ3v) is 5.89. The van der Waals surface area contributed by atoms with E-state index in [-0.39, 0.29) is 5.91 Å². The molecule has 29 heavy (non-hydrogen) atoms. The highest BCUT2D eigenvalue weighted by molar-refractivity contribution is 7.13. The van der Waals surface area contributed by atoms with Crippen molar-refractivity contribution in [1.29, 1.82) is 0 Å². The summed E-state index contributed by atoms with van der Waals surface area (Å²) in [5, 5.41) is 8.94. The average molecular weight is 412 g/mol. The van der Waals surface area contributed by atoms with Crippen molar-refractivity contribution in [3.8, 4) is 10.7 Å². The number of hydrogen-bond donors (Lipinski definition) is 1. The van der Waals surface area contributed by atoms with E-state index in [1.807, 2.05) is 23.6 Å². The average Bonchev–Trinajstić information content (AvgIpc) is 3.45. The van der Waals surface area contributed by atoms with E-state index < -0.39 is 0 Å². The van der Waals surface area contributed by atoms with E-state index in [1.54, 1.807) is 11.3 Å². The second-order valence-electron chi connectivity index (χ2n) is 7.00. The van der Waals surface area contributed by atoms with Crippen molar-refractivity contribution in [3.63, 3.8) is 0 Å². The van der Waals surface area contributed by atoms with E-state index in [2.05, 4.69) is 49.5 Å². The molecule has 1 N–H and O–H groups in total. The number of amides is 1. The summed E-state index contributed by atoms with van der Waals surface area (Å²) >= 11 is 1.57.